The van der Waals surface area contributed by atoms with Gasteiger partial charge in [-0.05, 0) is 32.3 Å². The lowest BCUT2D eigenvalue weighted by Gasteiger charge is -2.34. The molecule has 4 heteroatoms. The standard InChI is InChI=1S/C17H26N2O2/c1-3-12-19-16(20)11-7-9-14(18)17(19)13-8-5-6-10-15(13)21-4-2/h5-6,8,10,14,17H,3-4,7,9,11-12,18H2,1-2H3. The van der Waals surface area contributed by atoms with Crippen molar-refractivity contribution in [2.75, 3.05) is 13.2 Å². The second-order valence-electron chi connectivity index (χ2n) is 5.56. The zero-order valence-corrected chi connectivity index (χ0v) is 13.0. The minimum Gasteiger partial charge on any atom is -0.494 e. The van der Waals surface area contributed by atoms with E-state index in [1.165, 1.54) is 0 Å². The molecule has 1 amide bonds. The van der Waals surface area contributed by atoms with E-state index >= 15 is 0 Å². The Morgan fingerprint density at radius 3 is 2.81 bits per heavy atom. The van der Waals surface area contributed by atoms with Gasteiger partial charge < -0.3 is 15.4 Å². The van der Waals surface area contributed by atoms with Crippen molar-refractivity contribution in [2.45, 2.75) is 51.6 Å². The first-order chi connectivity index (χ1) is 10.2. The van der Waals surface area contributed by atoms with Crippen molar-refractivity contribution in [1.29, 1.82) is 0 Å². The monoisotopic (exact) mass is 290 g/mol. The van der Waals surface area contributed by atoms with Gasteiger partial charge in [0.1, 0.15) is 5.75 Å². The molecule has 4 nitrogen and oxygen atoms in total. The molecule has 0 aromatic heterocycles. The molecule has 1 aromatic rings. The highest BCUT2D eigenvalue weighted by Gasteiger charge is 2.33. The van der Waals surface area contributed by atoms with E-state index in [1.54, 1.807) is 0 Å². The fourth-order valence-electron chi connectivity index (χ4n) is 3.09. The molecule has 116 valence electrons. The summed E-state index contributed by atoms with van der Waals surface area (Å²) in [7, 11) is 0. The topological polar surface area (TPSA) is 55.6 Å². The van der Waals surface area contributed by atoms with Crippen LogP contribution in [0.25, 0.3) is 0 Å². The van der Waals surface area contributed by atoms with Crippen LogP contribution in [0, 0.1) is 0 Å². The number of rotatable bonds is 5. The first kappa shape index (κ1) is 15.8. The van der Waals surface area contributed by atoms with Gasteiger partial charge in [-0.25, -0.2) is 0 Å². The van der Waals surface area contributed by atoms with E-state index in [0.29, 0.717) is 13.0 Å². The molecular formula is C17H26N2O2. The molecule has 0 saturated carbocycles. The predicted molar refractivity (Wildman–Crippen MR) is 84.2 cm³/mol. The van der Waals surface area contributed by atoms with Gasteiger partial charge in [0.2, 0.25) is 5.91 Å². The number of ether oxygens (including phenoxy) is 1. The Morgan fingerprint density at radius 2 is 2.10 bits per heavy atom. The quantitative estimate of drug-likeness (QED) is 0.907. The normalized spacial score (nSPS) is 23.0. The zero-order chi connectivity index (χ0) is 15.2. The molecule has 0 bridgehead atoms. The number of hydrogen-bond donors (Lipinski definition) is 1. The van der Waals surface area contributed by atoms with Crippen LogP contribution in [0.4, 0.5) is 0 Å². The molecule has 1 aromatic carbocycles. The smallest absolute Gasteiger partial charge is 0.223 e. The number of para-hydroxylation sites is 1. The molecule has 1 fully saturated rings. The van der Waals surface area contributed by atoms with Gasteiger partial charge in [-0.15, -0.1) is 0 Å². The van der Waals surface area contributed by atoms with Crippen LogP contribution < -0.4 is 10.5 Å². The van der Waals surface area contributed by atoms with E-state index in [9.17, 15) is 4.79 Å². The van der Waals surface area contributed by atoms with Gasteiger partial charge in [-0.1, -0.05) is 25.1 Å². The summed E-state index contributed by atoms with van der Waals surface area (Å²) in [4.78, 5) is 14.4. The van der Waals surface area contributed by atoms with Crippen molar-refractivity contribution in [3.8, 4) is 5.75 Å². The van der Waals surface area contributed by atoms with E-state index in [4.69, 9.17) is 10.5 Å². The molecule has 1 heterocycles. The lowest BCUT2D eigenvalue weighted by molar-refractivity contribution is -0.133. The highest BCUT2D eigenvalue weighted by molar-refractivity contribution is 5.77. The Kier molecular flexibility index (Phi) is 5.62. The summed E-state index contributed by atoms with van der Waals surface area (Å²) < 4.78 is 5.75. The van der Waals surface area contributed by atoms with Gasteiger partial charge in [0.15, 0.2) is 0 Å². The molecule has 1 aliphatic rings. The molecule has 21 heavy (non-hydrogen) atoms. The Bertz CT molecular complexity index is 476. The number of likely N-dealkylation sites (tertiary alicyclic amines) is 1. The van der Waals surface area contributed by atoms with Gasteiger partial charge in [-0.3, -0.25) is 4.79 Å². The average Bonchev–Trinajstić information content (AvgIpc) is 2.61. The molecule has 1 aliphatic heterocycles. The third-order valence-electron chi connectivity index (χ3n) is 3.99. The summed E-state index contributed by atoms with van der Waals surface area (Å²) in [6.07, 6.45) is 3.28. The second kappa shape index (κ2) is 7.46. The molecule has 0 radical (unpaired) electrons. The van der Waals surface area contributed by atoms with Crippen molar-refractivity contribution in [2.24, 2.45) is 5.73 Å². The van der Waals surface area contributed by atoms with Gasteiger partial charge in [0.05, 0.1) is 12.6 Å². The van der Waals surface area contributed by atoms with E-state index in [-0.39, 0.29) is 18.0 Å². The minimum atomic E-state index is -0.0808. The van der Waals surface area contributed by atoms with Crippen LogP contribution in [0.2, 0.25) is 0 Å². The van der Waals surface area contributed by atoms with E-state index in [1.807, 2.05) is 36.1 Å². The second-order valence-corrected chi connectivity index (χ2v) is 5.56. The molecule has 2 unspecified atom stereocenters. The molecule has 0 aliphatic carbocycles. The lowest BCUT2D eigenvalue weighted by Crippen LogP contribution is -2.42. The van der Waals surface area contributed by atoms with E-state index in [2.05, 4.69) is 6.92 Å². The summed E-state index contributed by atoms with van der Waals surface area (Å²) in [5, 5.41) is 0. The van der Waals surface area contributed by atoms with Crippen LogP contribution in [0.3, 0.4) is 0 Å². The van der Waals surface area contributed by atoms with E-state index < -0.39 is 0 Å². The Labute approximate surface area is 127 Å². The van der Waals surface area contributed by atoms with Crippen molar-refractivity contribution >= 4 is 5.91 Å². The van der Waals surface area contributed by atoms with Crippen LogP contribution >= 0.6 is 0 Å². The fourth-order valence-corrected chi connectivity index (χ4v) is 3.09. The Balaban J connectivity index is 2.41. The number of nitrogens with two attached hydrogens (primary N) is 1. The lowest BCUT2D eigenvalue weighted by atomic mass is 9.95. The average molecular weight is 290 g/mol. The number of nitrogens with zero attached hydrogens (tertiary/aromatic N) is 1. The molecule has 0 spiro atoms. The third kappa shape index (κ3) is 3.56. The third-order valence-corrected chi connectivity index (χ3v) is 3.99. The summed E-state index contributed by atoms with van der Waals surface area (Å²) >= 11 is 0. The summed E-state index contributed by atoms with van der Waals surface area (Å²) in [5.74, 6) is 1.05. The number of hydrogen-bond acceptors (Lipinski definition) is 3. The molecule has 2 rings (SSSR count). The molecular weight excluding hydrogens is 264 g/mol. The van der Waals surface area contributed by atoms with Gasteiger partial charge in [0.25, 0.3) is 0 Å². The van der Waals surface area contributed by atoms with Gasteiger partial charge >= 0.3 is 0 Å². The maximum atomic E-state index is 12.4. The molecule has 1 saturated heterocycles. The van der Waals surface area contributed by atoms with Crippen LogP contribution in [-0.2, 0) is 4.79 Å². The number of benzene rings is 1. The predicted octanol–water partition coefficient (Wildman–Crippen LogP) is 2.88. The number of carbonyl (C=O) groups excluding carboxylic acids is 1. The zero-order valence-electron chi connectivity index (χ0n) is 13.0. The van der Waals surface area contributed by atoms with Crippen LogP contribution in [0.1, 0.15) is 51.1 Å². The Morgan fingerprint density at radius 1 is 1.33 bits per heavy atom. The fraction of sp³-hybridized carbons (Fsp3) is 0.588. The molecule has 2 N–H and O–H groups in total. The number of carbonyl (C=O) groups is 1. The first-order valence-corrected chi connectivity index (χ1v) is 7.95. The van der Waals surface area contributed by atoms with Crippen molar-refractivity contribution in [3.05, 3.63) is 29.8 Å². The summed E-state index contributed by atoms with van der Waals surface area (Å²) in [5.41, 5.74) is 7.45. The summed E-state index contributed by atoms with van der Waals surface area (Å²) in [6, 6.07) is 7.83. The maximum Gasteiger partial charge on any atom is 0.223 e. The SMILES string of the molecule is CCCN1C(=O)CCCC(N)C1c1ccccc1OCC. The first-order valence-electron chi connectivity index (χ1n) is 7.95. The highest BCUT2D eigenvalue weighted by Crippen LogP contribution is 2.35. The maximum absolute atomic E-state index is 12.4. The van der Waals surface area contributed by atoms with E-state index in [0.717, 1.165) is 37.1 Å². The van der Waals surface area contributed by atoms with Gasteiger partial charge in [-0.2, -0.15) is 0 Å². The highest BCUT2D eigenvalue weighted by atomic mass is 16.5. The summed E-state index contributed by atoms with van der Waals surface area (Å²) in [6.45, 7) is 5.42. The van der Waals surface area contributed by atoms with Crippen molar-refractivity contribution in [3.63, 3.8) is 0 Å². The Hall–Kier alpha value is -1.55. The van der Waals surface area contributed by atoms with Crippen molar-refractivity contribution in [1.82, 2.24) is 4.90 Å². The minimum absolute atomic E-state index is 0.0374. The van der Waals surface area contributed by atoms with Crippen LogP contribution in [0.15, 0.2) is 24.3 Å². The van der Waals surface area contributed by atoms with Crippen molar-refractivity contribution < 1.29 is 9.53 Å². The largest absolute Gasteiger partial charge is 0.494 e. The van der Waals surface area contributed by atoms with Crippen LogP contribution in [0.5, 0.6) is 5.75 Å². The van der Waals surface area contributed by atoms with Crippen LogP contribution in [-0.4, -0.2) is 30.0 Å². The molecule has 2 atom stereocenters. The number of amides is 1. The van der Waals surface area contributed by atoms with Gasteiger partial charge in [0, 0.05) is 24.6 Å².